The minimum Gasteiger partial charge on any atom is -0.480 e. The first-order chi connectivity index (χ1) is 15.9. The van der Waals surface area contributed by atoms with E-state index in [2.05, 4.69) is 33.6 Å². The molecule has 0 saturated heterocycles. The van der Waals surface area contributed by atoms with Crippen LogP contribution in [0.5, 0.6) is 0 Å². The Balaban J connectivity index is 5.48. The number of nitrogens with one attached hydrogen (secondary N) is 3. The van der Waals surface area contributed by atoms with Crippen LogP contribution in [0.15, 0.2) is 4.99 Å². The number of hydrogen-bond donors (Lipinski definition) is 9. The highest BCUT2D eigenvalue weighted by Crippen LogP contribution is 2.07. The van der Waals surface area contributed by atoms with Gasteiger partial charge in [-0.2, -0.15) is 12.6 Å². The van der Waals surface area contributed by atoms with Crippen molar-refractivity contribution in [1.29, 1.82) is 0 Å². The average molecular weight is 505 g/mol. The molecule has 14 heteroatoms. The van der Waals surface area contributed by atoms with Gasteiger partial charge in [0.25, 0.3) is 0 Å². The summed E-state index contributed by atoms with van der Waals surface area (Å²) in [6, 6.07) is -4.08. The summed E-state index contributed by atoms with van der Waals surface area (Å²) >= 11 is 3.98. The lowest BCUT2D eigenvalue weighted by Gasteiger charge is -2.27. The molecule has 34 heavy (non-hydrogen) atoms. The molecule has 0 aromatic heterocycles. The van der Waals surface area contributed by atoms with Crippen LogP contribution in [0.3, 0.4) is 0 Å². The van der Waals surface area contributed by atoms with Crippen molar-refractivity contribution < 1.29 is 24.3 Å². The Labute approximate surface area is 205 Å². The SMILES string of the molecule is CC(C)C(NC(=O)C(N)CS)C(=O)NC(CCCN=C(N)N)C(=O)NC(CCCCN)C(=O)O. The third-order valence-corrected chi connectivity index (χ3v) is 5.31. The number of unbranched alkanes of at least 4 members (excludes halogenated alkanes) is 1. The van der Waals surface area contributed by atoms with E-state index in [-0.39, 0.29) is 37.0 Å². The Hall–Kier alpha value is -2.58. The smallest absolute Gasteiger partial charge is 0.326 e. The molecule has 0 aromatic carbocycles. The van der Waals surface area contributed by atoms with Gasteiger partial charge in [0.2, 0.25) is 17.7 Å². The molecule has 4 unspecified atom stereocenters. The Morgan fingerprint density at radius 2 is 1.50 bits per heavy atom. The quantitative estimate of drug-likeness (QED) is 0.0444. The van der Waals surface area contributed by atoms with Crippen LogP contribution < -0.4 is 38.9 Å². The predicted octanol–water partition coefficient (Wildman–Crippen LogP) is -2.38. The maximum atomic E-state index is 13.0. The highest BCUT2D eigenvalue weighted by Gasteiger charge is 2.31. The van der Waals surface area contributed by atoms with Crippen LogP contribution in [-0.4, -0.2) is 77.8 Å². The fourth-order valence-electron chi connectivity index (χ4n) is 2.93. The van der Waals surface area contributed by atoms with E-state index in [0.717, 1.165) is 0 Å². The Bertz CT molecular complexity index is 702. The Morgan fingerprint density at radius 3 is 2.00 bits per heavy atom. The molecule has 12 N–H and O–H groups in total. The van der Waals surface area contributed by atoms with Crippen LogP contribution in [0.1, 0.15) is 46.0 Å². The predicted molar refractivity (Wildman–Crippen MR) is 133 cm³/mol. The second-order valence-electron chi connectivity index (χ2n) is 8.21. The molecule has 0 saturated carbocycles. The number of rotatable bonds is 17. The lowest BCUT2D eigenvalue weighted by molar-refractivity contribution is -0.142. The van der Waals surface area contributed by atoms with Gasteiger partial charge in [-0.15, -0.1) is 0 Å². The average Bonchev–Trinajstić information content (AvgIpc) is 2.77. The van der Waals surface area contributed by atoms with Gasteiger partial charge in [0, 0.05) is 12.3 Å². The number of hydrogen-bond acceptors (Lipinski definition) is 8. The molecule has 0 radical (unpaired) electrons. The van der Waals surface area contributed by atoms with E-state index >= 15 is 0 Å². The molecule has 0 aliphatic heterocycles. The van der Waals surface area contributed by atoms with Crippen molar-refractivity contribution in [2.75, 3.05) is 18.8 Å². The third-order valence-electron chi connectivity index (χ3n) is 4.92. The third kappa shape index (κ3) is 12.6. The van der Waals surface area contributed by atoms with Crippen molar-refractivity contribution in [1.82, 2.24) is 16.0 Å². The molecule has 0 bridgehead atoms. The van der Waals surface area contributed by atoms with Crippen LogP contribution in [0.25, 0.3) is 0 Å². The topological polar surface area (TPSA) is 241 Å². The first-order valence-electron chi connectivity index (χ1n) is 11.2. The summed E-state index contributed by atoms with van der Waals surface area (Å²) < 4.78 is 0. The molecule has 0 aliphatic carbocycles. The second-order valence-corrected chi connectivity index (χ2v) is 8.58. The van der Waals surface area contributed by atoms with E-state index in [1.54, 1.807) is 13.8 Å². The number of nitrogens with zero attached hydrogens (tertiary/aromatic N) is 1. The van der Waals surface area contributed by atoms with Gasteiger partial charge in [0.15, 0.2) is 5.96 Å². The number of aliphatic imine (C=N–C) groups is 1. The number of carbonyl (C=O) groups is 4. The minimum atomic E-state index is -1.19. The Kier molecular flexibility index (Phi) is 15.7. The number of carboxylic acids is 1. The molecule has 4 atom stereocenters. The summed E-state index contributed by atoms with van der Waals surface area (Å²) in [7, 11) is 0. The molecule has 3 amide bonds. The monoisotopic (exact) mass is 504 g/mol. The summed E-state index contributed by atoms with van der Waals surface area (Å²) in [5.41, 5.74) is 21.7. The van der Waals surface area contributed by atoms with Gasteiger partial charge >= 0.3 is 5.97 Å². The number of aliphatic carboxylic acids is 1. The molecule has 0 aromatic rings. The van der Waals surface area contributed by atoms with E-state index < -0.39 is 47.9 Å². The first-order valence-corrected chi connectivity index (χ1v) is 11.8. The maximum absolute atomic E-state index is 13.0. The molecule has 0 aliphatic rings. The molecule has 196 valence electrons. The summed E-state index contributed by atoms with van der Waals surface area (Å²) in [6.07, 6.45) is 1.80. The van der Waals surface area contributed by atoms with Gasteiger partial charge in [-0.25, -0.2) is 4.79 Å². The maximum Gasteiger partial charge on any atom is 0.326 e. The zero-order valence-corrected chi connectivity index (χ0v) is 20.7. The fraction of sp³-hybridized carbons (Fsp3) is 0.750. The highest BCUT2D eigenvalue weighted by atomic mass is 32.1. The zero-order chi connectivity index (χ0) is 26.3. The van der Waals surface area contributed by atoms with E-state index in [1.165, 1.54) is 0 Å². The molecular weight excluding hydrogens is 464 g/mol. The van der Waals surface area contributed by atoms with Crippen molar-refractivity contribution in [3.63, 3.8) is 0 Å². The van der Waals surface area contributed by atoms with Crippen LogP contribution >= 0.6 is 12.6 Å². The van der Waals surface area contributed by atoms with E-state index in [4.69, 9.17) is 22.9 Å². The van der Waals surface area contributed by atoms with Crippen LogP contribution in [-0.2, 0) is 19.2 Å². The van der Waals surface area contributed by atoms with E-state index in [1.807, 2.05) is 0 Å². The van der Waals surface area contributed by atoms with Crippen molar-refractivity contribution in [3.8, 4) is 0 Å². The van der Waals surface area contributed by atoms with E-state index in [0.29, 0.717) is 25.8 Å². The molecular formula is C20H40N8O5S. The lowest BCUT2D eigenvalue weighted by atomic mass is 10.0. The van der Waals surface area contributed by atoms with Gasteiger partial charge in [-0.05, 0) is 44.6 Å². The van der Waals surface area contributed by atoms with Crippen molar-refractivity contribution in [2.45, 2.75) is 70.1 Å². The van der Waals surface area contributed by atoms with Crippen LogP contribution in [0, 0.1) is 5.92 Å². The largest absolute Gasteiger partial charge is 0.480 e. The van der Waals surface area contributed by atoms with Crippen molar-refractivity contribution in [2.24, 2.45) is 33.8 Å². The second kappa shape index (κ2) is 16.9. The minimum absolute atomic E-state index is 0.0921. The number of amides is 3. The van der Waals surface area contributed by atoms with Crippen molar-refractivity contribution >= 4 is 42.3 Å². The molecule has 13 nitrogen and oxygen atoms in total. The lowest BCUT2D eigenvalue weighted by Crippen LogP contribution is -2.58. The standard InChI is InChI=1S/C20H40N8O5S/c1-11(2)15(28-16(29)12(22)10-34)18(31)26-13(7-5-9-25-20(23)24)17(30)27-14(19(32)33)6-3-4-8-21/h11-15,34H,3-10,21-22H2,1-2H3,(H,26,31)(H,27,30)(H,28,29)(H,32,33)(H4,23,24,25). The summed E-state index contributed by atoms with van der Waals surface area (Å²) in [5.74, 6) is -3.35. The first kappa shape index (κ1) is 31.4. The van der Waals surface area contributed by atoms with Gasteiger partial charge in [0.05, 0.1) is 6.04 Å². The molecule has 0 rings (SSSR count). The van der Waals surface area contributed by atoms with Gasteiger partial charge < -0.3 is 44.0 Å². The summed E-state index contributed by atoms with van der Waals surface area (Å²) in [4.78, 5) is 53.5. The Morgan fingerprint density at radius 1 is 0.912 bits per heavy atom. The number of thiol groups is 1. The number of guanidine groups is 1. The molecule has 0 heterocycles. The normalized spacial score (nSPS) is 14.4. The molecule has 0 spiro atoms. The van der Waals surface area contributed by atoms with Gasteiger partial charge in [0.1, 0.15) is 18.1 Å². The van der Waals surface area contributed by atoms with Gasteiger partial charge in [-0.3, -0.25) is 19.4 Å². The summed E-state index contributed by atoms with van der Waals surface area (Å²) in [6.45, 7) is 4.07. The fourth-order valence-corrected chi connectivity index (χ4v) is 3.10. The van der Waals surface area contributed by atoms with Gasteiger partial charge in [-0.1, -0.05) is 13.8 Å². The zero-order valence-electron chi connectivity index (χ0n) is 19.8. The summed E-state index contributed by atoms with van der Waals surface area (Å²) in [5, 5.41) is 17.1. The number of nitrogens with two attached hydrogens (primary N) is 4. The van der Waals surface area contributed by atoms with Crippen LogP contribution in [0.2, 0.25) is 0 Å². The van der Waals surface area contributed by atoms with E-state index in [9.17, 15) is 24.3 Å². The van der Waals surface area contributed by atoms with Crippen molar-refractivity contribution in [3.05, 3.63) is 0 Å². The number of carbonyl (C=O) groups excluding carboxylic acids is 3. The molecule has 0 fully saturated rings. The highest BCUT2D eigenvalue weighted by molar-refractivity contribution is 7.80. The number of carboxylic acid groups (broad SMARTS) is 1. The van der Waals surface area contributed by atoms with Crippen LogP contribution in [0.4, 0.5) is 0 Å².